The number of rotatable bonds is 8. The second-order valence-electron chi connectivity index (χ2n) is 6.01. The molecule has 92 valence electrons. The Morgan fingerprint density at radius 1 is 0.800 bits per heavy atom. The Morgan fingerprint density at radius 3 is 1.87 bits per heavy atom. The monoisotopic (exact) mass is 218 g/mol. The molecule has 3 nitrogen and oxygen atoms in total. The van der Waals surface area contributed by atoms with E-state index in [0.29, 0.717) is 0 Å². The number of nitrogens with zero attached hydrogens (tertiary/aromatic N) is 2. The zero-order chi connectivity index (χ0) is 11.9. The van der Waals surface area contributed by atoms with Gasteiger partial charge in [0.25, 0.3) is 0 Å². The molecular formula is C12H30N2O+2. The van der Waals surface area contributed by atoms with Crippen LogP contribution in [0.4, 0.5) is 0 Å². The zero-order valence-electron chi connectivity index (χ0n) is 11.5. The van der Waals surface area contributed by atoms with Crippen molar-refractivity contribution in [2.45, 2.75) is 13.3 Å². The molecule has 0 bridgehead atoms. The van der Waals surface area contributed by atoms with E-state index < -0.39 is 0 Å². The van der Waals surface area contributed by atoms with Gasteiger partial charge in [-0.3, -0.25) is 0 Å². The second kappa shape index (κ2) is 6.46. The van der Waals surface area contributed by atoms with Crippen molar-refractivity contribution in [3.8, 4) is 0 Å². The summed E-state index contributed by atoms with van der Waals surface area (Å²) in [6.07, 6.45) is 1.12. The van der Waals surface area contributed by atoms with E-state index in [9.17, 15) is 0 Å². The van der Waals surface area contributed by atoms with Gasteiger partial charge in [0.2, 0.25) is 0 Å². The van der Waals surface area contributed by atoms with Crippen LogP contribution in [-0.2, 0) is 4.74 Å². The lowest BCUT2D eigenvalue weighted by molar-refractivity contribution is -0.937. The lowest BCUT2D eigenvalue weighted by atomic mass is 10.4. The van der Waals surface area contributed by atoms with E-state index in [0.717, 1.165) is 35.1 Å². The number of quaternary nitrogens is 2. The molecule has 0 aliphatic heterocycles. The topological polar surface area (TPSA) is 9.23 Å². The van der Waals surface area contributed by atoms with E-state index in [4.69, 9.17) is 4.74 Å². The highest BCUT2D eigenvalue weighted by atomic mass is 16.5. The number of hydrogen-bond donors (Lipinski definition) is 0. The molecule has 3 heteroatoms. The van der Waals surface area contributed by atoms with Gasteiger partial charge in [-0.05, 0) is 6.42 Å². The summed E-state index contributed by atoms with van der Waals surface area (Å²) in [5, 5.41) is 0. The van der Waals surface area contributed by atoms with Crippen molar-refractivity contribution in [1.29, 1.82) is 0 Å². The largest absolute Gasteiger partial charge is 0.376 e. The van der Waals surface area contributed by atoms with Crippen LogP contribution in [0, 0.1) is 0 Å². The molecule has 0 amide bonds. The van der Waals surface area contributed by atoms with Crippen molar-refractivity contribution in [2.24, 2.45) is 0 Å². The van der Waals surface area contributed by atoms with Crippen molar-refractivity contribution < 1.29 is 13.7 Å². The van der Waals surface area contributed by atoms with Crippen molar-refractivity contribution in [1.82, 2.24) is 0 Å². The van der Waals surface area contributed by atoms with Gasteiger partial charge in [-0.2, -0.15) is 0 Å². The SMILES string of the molecule is CCCOCC[N+](C)(C)CC[N+](C)(C)C. The molecule has 0 rings (SSSR count). The second-order valence-corrected chi connectivity index (χ2v) is 6.01. The highest BCUT2D eigenvalue weighted by molar-refractivity contribution is 4.36. The minimum Gasteiger partial charge on any atom is -0.376 e. The first-order valence-corrected chi connectivity index (χ1v) is 5.97. The minimum atomic E-state index is 0.887. The summed E-state index contributed by atoms with van der Waals surface area (Å²) in [5.74, 6) is 0. The Bertz CT molecular complexity index is 161. The lowest BCUT2D eigenvalue weighted by Gasteiger charge is -2.33. The first-order chi connectivity index (χ1) is 6.77. The number of hydrogen-bond acceptors (Lipinski definition) is 1. The summed E-state index contributed by atoms with van der Waals surface area (Å²) in [4.78, 5) is 0. The Labute approximate surface area is 95.8 Å². The number of ether oxygens (including phenoxy) is 1. The fraction of sp³-hybridized carbons (Fsp3) is 1.00. The average Bonchev–Trinajstić information content (AvgIpc) is 2.09. The van der Waals surface area contributed by atoms with E-state index in [1.807, 2.05) is 0 Å². The normalized spacial score (nSPS) is 13.2. The first-order valence-electron chi connectivity index (χ1n) is 5.97. The molecule has 0 aromatic rings. The molecule has 0 radical (unpaired) electrons. The molecule has 0 aliphatic rings. The van der Waals surface area contributed by atoms with Crippen LogP contribution in [0.3, 0.4) is 0 Å². The third-order valence-electron chi connectivity index (χ3n) is 2.57. The van der Waals surface area contributed by atoms with Crippen LogP contribution in [0.5, 0.6) is 0 Å². The third-order valence-corrected chi connectivity index (χ3v) is 2.57. The molecule has 0 saturated carbocycles. The molecule has 0 aromatic heterocycles. The van der Waals surface area contributed by atoms with Gasteiger partial charge in [-0.15, -0.1) is 0 Å². The molecule has 0 aliphatic carbocycles. The van der Waals surface area contributed by atoms with Crippen LogP contribution in [0.1, 0.15) is 13.3 Å². The molecule has 0 unspecified atom stereocenters. The molecule has 0 aromatic carbocycles. The summed E-state index contributed by atoms with van der Waals surface area (Å²) in [6, 6.07) is 0. The molecular weight excluding hydrogens is 188 g/mol. The van der Waals surface area contributed by atoms with Gasteiger partial charge >= 0.3 is 0 Å². The van der Waals surface area contributed by atoms with Gasteiger partial charge in [0, 0.05) is 6.61 Å². The van der Waals surface area contributed by atoms with Gasteiger partial charge in [0.15, 0.2) is 0 Å². The molecule has 0 fully saturated rings. The maximum Gasteiger partial charge on any atom is 0.128 e. The van der Waals surface area contributed by atoms with E-state index in [2.05, 4.69) is 42.2 Å². The summed E-state index contributed by atoms with van der Waals surface area (Å²) in [5.41, 5.74) is 0. The van der Waals surface area contributed by atoms with Gasteiger partial charge in [0.1, 0.15) is 19.6 Å². The van der Waals surface area contributed by atoms with Crippen LogP contribution in [0.2, 0.25) is 0 Å². The molecule has 0 N–H and O–H groups in total. The van der Waals surface area contributed by atoms with E-state index >= 15 is 0 Å². The fourth-order valence-electron chi connectivity index (χ4n) is 1.24. The third kappa shape index (κ3) is 10.2. The molecule has 0 atom stereocenters. The summed E-state index contributed by atoms with van der Waals surface area (Å²) >= 11 is 0. The van der Waals surface area contributed by atoms with Gasteiger partial charge in [0.05, 0.1) is 41.8 Å². The molecule has 0 saturated heterocycles. The van der Waals surface area contributed by atoms with E-state index in [-0.39, 0.29) is 0 Å². The van der Waals surface area contributed by atoms with E-state index in [1.54, 1.807) is 0 Å². The maximum absolute atomic E-state index is 5.53. The van der Waals surface area contributed by atoms with Crippen LogP contribution in [0.25, 0.3) is 0 Å². The van der Waals surface area contributed by atoms with Crippen LogP contribution in [-0.4, -0.2) is 77.1 Å². The van der Waals surface area contributed by atoms with Crippen molar-refractivity contribution in [2.75, 3.05) is 68.1 Å². The minimum absolute atomic E-state index is 0.887. The Morgan fingerprint density at radius 2 is 1.40 bits per heavy atom. The molecule has 0 spiro atoms. The van der Waals surface area contributed by atoms with Gasteiger partial charge in [-0.25, -0.2) is 0 Å². The van der Waals surface area contributed by atoms with Crippen LogP contribution in [0.15, 0.2) is 0 Å². The van der Waals surface area contributed by atoms with Crippen molar-refractivity contribution in [3.05, 3.63) is 0 Å². The predicted octanol–water partition coefficient (Wildman–Crippen LogP) is 1.20. The van der Waals surface area contributed by atoms with Crippen molar-refractivity contribution in [3.63, 3.8) is 0 Å². The predicted molar refractivity (Wildman–Crippen MR) is 65.9 cm³/mol. The molecule has 15 heavy (non-hydrogen) atoms. The summed E-state index contributed by atoms with van der Waals surface area (Å²) in [6.45, 7) is 7.46. The van der Waals surface area contributed by atoms with Gasteiger partial charge < -0.3 is 13.7 Å². The zero-order valence-corrected chi connectivity index (χ0v) is 11.5. The quantitative estimate of drug-likeness (QED) is 0.439. The average molecular weight is 218 g/mol. The first kappa shape index (κ1) is 14.9. The molecule has 0 heterocycles. The lowest BCUT2D eigenvalue weighted by Crippen LogP contribution is -2.50. The highest BCUT2D eigenvalue weighted by Crippen LogP contribution is 2.00. The smallest absolute Gasteiger partial charge is 0.128 e. The Kier molecular flexibility index (Phi) is 6.41. The maximum atomic E-state index is 5.53. The van der Waals surface area contributed by atoms with Crippen LogP contribution >= 0.6 is 0 Å². The van der Waals surface area contributed by atoms with Crippen molar-refractivity contribution >= 4 is 0 Å². The van der Waals surface area contributed by atoms with Crippen LogP contribution < -0.4 is 0 Å². The number of likely N-dealkylation sites (N-methyl/N-ethyl adjacent to an activating group) is 2. The highest BCUT2D eigenvalue weighted by Gasteiger charge is 2.19. The van der Waals surface area contributed by atoms with Gasteiger partial charge in [-0.1, -0.05) is 6.92 Å². The summed E-state index contributed by atoms with van der Waals surface area (Å²) < 4.78 is 7.62. The Balaban J connectivity index is 3.67. The Hall–Kier alpha value is -0.120. The standard InChI is InChI=1S/C12H30N2O/c1-7-11-15-12-10-14(5,6)9-8-13(2,3)4/h7-12H2,1-6H3/q+2. The fourth-order valence-corrected chi connectivity index (χ4v) is 1.24. The van der Waals surface area contributed by atoms with E-state index in [1.165, 1.54) is 13.1 Å². The summed E-state index contributed by atoms with van der Waals surface area (Å²) in [7, 11) is 11.3.